The second-order valence-electron chi connectivity index (χ2n) is 4.12. The first-order chi connectivity index (χ1) is 7.83. The highest BCUT2D eigenvalue weighted by Gasteiger charge is 2.21. The summed E-state index contributed by atoms with van der Waals surface area (Å²) in [5.41, 5.74) is 2.24. The van der Waals surface area contributed by atoms with Gasteiger partial charge < -0.3 is 9.73 Å². The Labute approximate surface area is 97.7 Å². The Kier molecular flexibility index (Phi) is 2.49. The Morgan fingerprint density at radius 2 is 2.31 bits per heavy atom. The molecule has 1 fully saturated rings. The topological polar surface area (TPSA) is 51.0 Å². The summed E-state index contributed by atoms with van der Waals surface area (Å²) in [6.45, 7) is 2.74. The van der Waals surface area contributed by atoms with Crippen molar-refractivity contribution in [1.82, 2.24) is 15.5 Å². The normalized spacial score (nSPS) is 15.6. The molecule has 1 aliphatic carbocycles. The highest BCUT2D eigenvalue weighted by molar-refractivity contribution is 7.08. The SMILES string of the molecule is Cc1cscc1-c1nnc(CNC2CC2)o1. The van der Waals surface area contributed by atoms with E-state index in [1.807, 2.05) is 5.38 Å². The first kappa shape index (κ1) is 9.99. The number of aryl methyl sites for hydroxylation is 1. The molecule has 0 aromatic carbocycles. The number of hydrogen-bond donors (Lipinski definition) is 1. The van der Waals surface area contributed by atoms with Gasteiger partial charge in [-0.2, -0.15) is 11.3 Å². The maximum atomic E-state index is 5.61. The van der Waals surface area contributed by atoms with Gasteiger partial charge in [-0.3, -0.25) is 0 Å². The monoisotopic (exact) mass is 235 g/mol. The van der Waals surface area contributed by atoms with Crippen LogP contribution in [0.25, 0.3) is 11.5 Å². The quantitative estimate of drug-likeness (QED) is 0.883. The van der Waals surface area contributed by atoms with Gasteiger partial charge in [-0.25, -0.2) is 0 Å². The Balaban J connectivity index is 1.74. The lowest BCUT2D eigenvalue weighted by Gasteiger charge is -1.95. The molecule has 0 amide bonds. The molecule has 2 aromatic heterocycles. The predicted octanol–water partition coefficient (Wildman–Crippen LogP) is 2.36. The van der Waals surface area contributed by atoms with E-state index in [0.717, 1.165) is 5.56 Å². The van der Waals surface area contributed by atoms with E-state index < -0.39 is 0 Å². The summed E-state index contributed by atoms with van der Waals surface area (Å²) >= 11 is 1.66. The lowest BCUT2D eigenvalue weighted by molar-refractivity contribution is 0.476. The van der Waals surface area contributed by atoms with E-state index in [-0.39, 0.29) is 0 Å². The van der Waals surface area contributed by atoms with Gasteiger partial charge in [0.25, 0.3) is 0 Å². The second kappa shape index (κ2) is 3.99. The van der Waals surface area contributed by atoms with E-state index >= 15 is 0 Å². The zero-order valence-corrected chi connectivity index (χ0v) is 9.88. The summed E-state index contributed by atoms with van der Waals surface area (Å²) in [4.78, 5) is 0. The number of nitrogens with one attached hydrogen (secondary N) is 1. The molecule has 4 nitrogen and oxygen atoms in total. The molecular weight excluding hydrogens is 222 g/mol. The molecule has 1 aliphatic rings. The van der Waals surface area contributed by atoms with Crippen molar-refractivity contribution in [3.05, 3.63) is 22.2 Å². The van der Waals surface area contributed by atoms with Crippen molar-refractivity contribution in [1.29, 1.82) is 0 Å². The smallest absolute Gasteiger partial charge is 0.248 e. The average molecular weight is 235 g/mol. The molecule has 3 rings (SSSR count). The molecule has 0 spiro atoms. The minimum atomic E-state index is 0.631. The van der Waals surface area contributed by atoms with Crippen LogP contribution in [0.2, 0.25) is 0 Å². The minimum Gasteiger partial charge on any atom is -0.419 e. The maximum Gasteiger partial charge on any atom is 0.248 e. The van der Waals surface area contributed by atoms with Crippen LogP contribution in [0, 0.1) is 6.92 Å². The Hall–Kier alpha value is -1.20. The number of aromatic nitrogens is 2. The van der Waals surface area contributed by atoms with Gasteiger partial charge in [0.1, 0.15) is 0 Å². The maximum absolute atomic E-state index is 5.61. The molecule has 2 heterocycles. The van der Waals surface area contributed by atoms with Crippen molar-refractivity contribution in [2.24, 2.45) is 0 Å². The van der Waals surface area contributed by atoms with Crippen LogP contribution in [-0.2, 0) is 6.54 Å². The zero-order chi connectivity index (χ0) is 11.0. The van der Waals surface area contributed by atoms with Crippen LogP contribution in [0.5, 0.6) is 0 Å². The molecule has 2 aromatic rings. The fourth-order valence-electron chi connectivity index (χ4n) is 1.53. The lowest BCUT2D eigenvalue weighted by atomic mass is 10.2. The van der Waals surface area contributed by atoms with Crippen LogP contribution in [0.15, 0.2) is 15.2 Å². The molecule has 1 saturated carbocycles. The largest absolute Gasteiger partial charge is 0.419 e. The fourth-order valence-corrected chi connectivity index (χ4v) is 2.35. The molecule has 0 aliphatic heterocycles. The van der Waals surface area contributed by atoms with E-state index in [0.29, 0.717) is 24.4 Å². The van der Waals surface area contributed by atoms with Gasteiger partial charge >= 0.3 is 0 Å². The van der Waals surface area contributed by atoms with Crippen molar-refractivity contribution in [2.75, 3.05) is 0 Å². The van der Waals surface area contributed by atoms with Crippen LogP contribution in [-0.4, -0.2) is 16.2 Å². The highest BCUT2D eigenvalue weighted by atomic mass is 32.1. The molecule has 0 unspecified atom stereocenters. The molecule has 5 heteroatoms. The summed E-state index contributed by atoms with van der Waals surface area (Å²) in [5.74, 6) is 1.30. The third kappa shape index (κ3) is 2.01. The lowest BCUT2D eigenvalue weighted by Crippen LogP contribution is -2.15. The van der Waals surface area contributed by atoms with Crippen molar-refractivity contribution in [3.63, 3.8) is 0 Å². The third-order valence-electron chi connectivity index (χ3n) is 2.67. The molecular formula is C11H13N3OS. The van der Waals surface area contributed by atoms with Gasteiger partial charge in [0, 0.05) is 11.4 Å². The molecule has 0 bridgehead atoms. The Bertz CT molecular complexity index is 487. The van der Waals surface area contributed by atoms with Gasteiger partial charge in [-0.15, -0.1) is 10.2 Å². The summed E-state index contributed by atoms with van der Waals surface area (Å²) < 4.78 is 5.61. The van der Waals surface area contributed by atoms with Crippen LogP contribution < -0.4 is 5.32 Å². The molecule has 0 atom stereocenters. The van der Waals surface area contributed by atoms with E-state index in [4.69, 9.17) is 4.42 Å². The van der Waals surface area contributed by atoms with Crippen LogP contribution in [0.1, 0.15) is 24.3 Å². The predicted molar refractivity (Wildman–Crippen MR) is 62.2 cm³/mol. The van der Waals surface area contributed by atoms with E-state index in [1.54, 1.807) is 11.3 Å². The molecule has 84 valence electrons. The van der Waals surface area contributed by atoms with E-state index in [2.05, 4.69) is 27.8 Å². The summed E-state index contributed by atoms with van der Waals surface area (Å²) in [7, 11) is 0. The third-order valence-corrected chi connectivity index (χ3v) is 3.53. The second-order valence-corrected chi connectivity index (χ2v) is 4.87. The first-order valence-electron chi connectivity index (χ1n) is 5.42. The van der Waals surface area contributed by atoms with E-state index in [1.165, 1.54) is 18.4 Å². The number of hydrogen-bond acceptors (Lipinski definition) is 5. The van der Waals surface area contributed by atoms with Gasteiger partial charge in [0.15, 0.2) is 0 Å². The molecule has 0 saturated heterocycles. The fraction of sp³-hybridized carbons (Fsp3) is 0.455. The van der Waals surface area contributed by atoms with Crippen LogP contribution in [0.3, 0.4) is 0 Å². The highest BCUT2D eigenvalue weighted by Crippen LogP contribution is 2.25. The van der Waals surface area contributed by atoms with Crippen LogP contribution >= 0.6 is 11.3 Å². The van der Waals surface area contributed by atoms with E-state index in [9.17, 15) is 0 Å². The zero-order valence-electron chi connectivity index (χ0n) is 9.06. The van der Waals surface area contributed by atoms with Gasteiger partial charge in [-0.05, 0) is 30.7 Å². The summed E-state index contributed by atoms with van der Waals surface area (Å²) in [5, 5.41) is 15.6. The van der Waals surface area contributed by atoms with Crippen LogP contribution in [0.4, 0.5) is 0 Å². The number of thiophene rings is 1. The number of nitrogens with zero attached hydrogens (tertiary/aromatic N) is 2. The van der Waals surface area contributed by atoms with Gasteiger partial charge in [0.2, 0.25) is 11.8 Å². The molecule has 1 N–H and O–H groups in total. The number of rotatable bonds is 4. The first-order valence-corrected chi connectivity index (χ1v) is 6.36. The molecule has 0 radical (unpaired) electrons. The van der Waals surface area contributed by atoms with Gasteiger partial charge in [-0.1, -0.05) is 0 Å². The van der Waals surface area contributed by atoms with Crippen molar-refractivity contribution >= 4 is 11.3 Å². The Morgan fingerprint density at radius 1 is 1.44 bits per heavy atom. The summed E-state index contributed by atoms with van der Waals surface area (Å²) in [6, 6.07) is 0.665. The Morgan fingerprint density at radius 3 is 3.00 bits per heavy atom. The molecule has 16 heavy (non-hydrogen) atoms. The van der Waals surface area contributed by atoms with Crippen molar-refractivity contribution in [3.8, 4) is 11.5 Å². The van der Waals surface area contributed by atoms with Crippen molar-refractivity contribution in [2.45, 2.75) is 32.4 Å². The van der Waals surface area contributed by atoms with Crippen molar-refractivity contribution < 1.29 is 4.42 Å². The summed E-state index contributed by atoms with van der Waals surface area (Å²) in [6.07, 6.45) is 2.54. The standard InChI is InChI=1S/C11H13N3OS/c1-7-5-16-6-9(7)11-14-13-10(15-11)4-12-8-2-3-8/h5-6,8,12H,2-4H2,1H3. The minimum absolute atomic E-state index is 0.631. The van der Waals surface area contributed by atoms with Gasteiger partial charge in [0.05, 0.1) is 12.1 Å². The average Bonchev–Trinajstić information content (AvgIpc) is 2.82.